The molecule has 0 atom stereocenters. The van der Waals surface area contributed by atoms with Crippen molar-refractivity contribution in [1.29, 1.82) is 0 Å². The third kappa shape index (κ3) is 3.70. The largest absolute Gasteiger partial charge is 0.495 e. The van der Waals surface area contributed by atoms with Crippen molar-refractivity contribution in [3.8, 4) is 5.75 Å². The van der Waals surface area contributed by atoms with E-state index in [2.05, 4.69) is 5.32 Å². The van der Waals surface area contributed by atoms with Gasteiger partial charge in [0.2, 0.25) is 5.91 Å². The molecule has 1 aliphatic carbocycles. The van der Waals surface area contributed by atoms with Crippen LogP contribution in [0.5, 0.6) is 5.75 Å². The van der Waals surface area contributed by atoms with Crippen LogP contribution in [0, 0.1) is 6.92 Å². The summed E-state index contributed by atoms with van der Waals surface area (Å²) in [5.41, 5.74) is 1.95. The summed E-state index contributed by atoms with van der Waals surface area (Å²) >= 11 is 0. The SMILES string of the molecule is COc1ccc(C)cc1N(C)C(=O)CCNC1CC1. The fourth-order valence-electron chi connectivity index (χ4n) is 2.03. The maximum atomic E-state index is 12.2. The Balaban J connectivity index is 1.98. The van der Waals surface area contributed by atoms with Crippen LogP contribution in [-0.2, 0) is 4.79 Å². The molecule has 1 fully saturated rings. The molecule has 104 valence electrons. The molecule has 1 aromatic carbocycles. The zero-order chi connectivity index (χ0) is 13.8. The summed E-state index contributed by atoms with van der Waals surface area (Å²) in [5, 5.41) is 3.36. The number of nitrogens with zero attached hydrogens (tertiary/aromatic N) is 1. The summed E-state index contributed by atoms with van der Waals surface area (Å²) in [6, 6.07) is 6.50. The van der Waals surface area contributed by atoms with Gasteiger partial charge >= 0.3 is 0 Å². The van der Waals surface area contributed by atoms with Crippen LogP contribution in [-0.4, -0.2) is 32.7 Å². The van der Waals surface area contributed by atoms with E-state index in [1.165, 1.54) is 12.8 Å². The third-order valence-electron chi connectivity index (χ3n) is 3.42. The zero-order valence-corrected chi connectivity index (χ0v) is 11.9. The van der Waals surface area contributed by atoms with E-state index in [1.807, 2.05) is 25.1 Å². The van der Waals surface area contributed by atoms with Crippen molar-refractivity contribution < 1.29 is 9.53 Å². The number of ether oxygens (including phenoxy) is 1. The van der Waals surface area contributed by atoms with Crippen LogP contribution in [0.1, 0.15) is 24.8 Å². The quantitative estimate of drug-likeness (QED) is 0.853. The van der Waals surface area contributed by atoms with Crippen molar-refractivity contribution in [2.45, 2.75) is 32.2 Å². The van der Waals surface area contributed by atoms with Gasteiger partial charge in [0.15, 0.2) is 0 Å². The number of nitrogens with one attached hydrogen (secondary N) is 1. The number of benzene rings is 1. The Kier molecular flexibility index (Phi) is 4.43. The highest BCUT2D eigenvalue weighted by molar-refractivity contribution is 5.94. The van der Waals surface area contributed by atoms with Crippen molar-refractivity contribution in [2.24, 2.45) is 0 Å². The topological polar surface area (TPSA) is 41.6 Å². The molecule has 1 aliphatic rings. The number of methoxy groups -OCH3 is 1. The van der Waals surface area contributed by atoms with Gasteiger partial charge in [0.1, 0.15) is 5.75 Å². The van der Waals surface area contributed by atoms with Gasteiger partial charge in [-0.05, 0) is 37.5 Å². The second-order valence-electron chi connectivity index (χ2n) is 5.11. The average Bonchev–Trinajstić information content (AvgIpc) is 3.21. The first-order chi connectivity index (χ1) is 9.11. The summed E-state index contributed by atoms with van der Waals surface area (Å²) in [4.78, 5) is 13.8. The zero-order valence-electron chi connectivity index (χ0n) is 11.9. The molecule has 4 nitrogen and oxygen atoms in total. The fourth-order valence-corrected chi connectivity index (χ4v) is 2.03. The maximum Gasteiger partial charge on any atom is 0.228 e. The van der Waals surface area contributed by atoms with Gasteiger partial charge < -0.3 is 15.0 Å². The van der Waals surface area contributed by atoms with E-state index in [4.69, 9.17) is 4.74 Å². The van der Waals surface area contributed by atoms with Gasteiger partial charge in [0, 0.05) is 26.1 Å². The summed E-state index contributed by atoms with van der Waals surface area (Å²) < 4.78 is 5.31. The van der Waals surface area contributed by atoms with Gasteiger partial charge in [0.05, 0.1) is 12.8 Å². The molecular weight excluding hydrogens is 240 g/mol. The number of hydrogen-bond donors (Lipinski definition) is 1. The van der Waals surface area contributed by atoms with Crippen LogP contribution in [0.15, 0.2) is 18.2 Å². The first-order valence-corrected chi connectivity index (χ1v) is 6.76. The Morgan fingerprint density at radius 1 is 1.47 bits per heavy atom. The molecule has 0 aromatic heterocycles. The molecule has 1 amide bonds. The number of rotatable bonds is 6. The highest BCUT2D eigenvalue weighted by Crippen LogP contribution is 2.28. The highest BCUT2D eigenvalue weighted by Gasteiger charge is 2.21. The molecule has 4 heteroatoms. The predicted molar refractivity (Wildman–Crippen MR) is 76.8 cm³/mol. The van der Waals surface area contributed by atoms with Gasteiger partial charge in [0.25, 0.3) is 0 Å². The number of anilines is 1. The van der Waals surface area contributed by atoms with Crippen LogP contribution in [0.4, 0.5) is 5.69 Å². The van der Waals surface area contributed by atoms with E-state index in [9.17, 15) is 4.79 Å². The molecule has 19 heavy (non-hydrogen) atoms. The predicted octanol–water partition coefficient (Wildman–Crippen LogP) is 2.11. The fraction of sp³-hybridized carbons (Fsp3) is 0.533. The van der Waals surface area contributed by atoms with Gasteiger partial charge in [-0.3, -0.25) is 4.79 Å². The second kappa shape index (κ2) is 6.06. The monoisotopic (exact) mass is 262 g/mol. The second-order valence-corrected chi connectivity index (χ2v) is 5.11. The molecule has 0 spiro atoms. The van der Waals surface area contributed by atoms with E-state index < -0.39 is 0 Å². The number of hydrogen-bond acceptors (Lipinski definition) is 3. The van der Waals surface area contributed by atoms with Crippen molar-refractivity contribution >= 4 is 11.6 Å². The van der Waals surface area contributed by atoms with Crippen molar-refractivity contribution in [1.82, 2.24) is 5.32 Å². The first-order valence-electron chi connectivity index (χ1n) is 6.76. The summed E-state index contributed by atoms with van der Waals surface area (Å²) in [5.74, 6) is 0.841. The molecule has 2 rings (SSSR count). The van der Waals surface area contributed by atoms with Gasteiger partial charge in [-0.1, -0.05) is 6.07 Å². The Morgan fingerprint density at radius 2 is 2.21 bits per heavy atom. The van der Waals surface area contributed by atoms with Crippen LogP contribution >= 0.6 is 0 Å². The molecule has 0 unspecified atom stereocenters. The Hall–Kier alpha value is -1.55. The lowest BCUT2D eigenvalue weighted by molar-refractivity contribution is -0.118. The molecule has 0 aliphatic heterocycles. The standard InChI is InChI=1S/C15H22N2O2/c1-11-4-7-14(19-3)13(10-11)17(2)15(18)8-9-16-12-5-6-12/h4,7,10,12,16H,5-6,8-9H2,1-3H3. The van der Waals surface area contributed by atoms with Gasteiger partial charge in [-0.25, -0.2) is 0 Å². The number of carbonyl (C=O) groups excluding carboxylic acids is 1. The Labute approximate surface area is 114 Å². The molecule has 1 saturated carbocycles. The third-order valence-corrected chi connectivity index (χ3v) is 3.42. The minimum Gasteiger partial charge on any atom is -0.495 e. The maximum absolute atomic E-state index is 12.2. The van der Waals surface area contributed by atoms with Gasteiger partial charge in [-0.15, -0.1) is 0 Å². The smallest absolute Gasteiger partial charge is 0.228 e. The van der Waals surface area contributed by atoms with E-state index >= 15 is 0 Å². The van der Waals surface area contributed by atoms with E-state index in [0.29, 0.717) is 12.5 Å². The summed E-state index contributed by atoms with van der Waals surface area (Å²) in [7, 11) is 3.43. The molecule has 1 N–H and O–H groups in total. The molecule has 0 bridgehead atoms. The molecule has 0 heterocycles. The highest BCUT2D eigenvalue weighted by atomic mass is 16.5. The number of carbonyl (C=O) groups is 1. The van der Waals surface area contributed by atoms with Crippen molar-refractivity contribution in [3.63, 3.8) is 0 Å². The Bertz CT molecular complexity index is 455. The van der Waals surface area contributed by atoms with Crippen LogP contribution in [0.3, 0.4) is 0 Å². The molecular formula is C15H22N2O2. The lowest BCUT2D eigenvalue weighted by Crippen LogP contribution is -2.30. The molecule has 0 radical (unpaired) electrons. The minimum atomic E-state index is 0.108. The van der Waals surface area contributed by atoms with E-state index in [1.54, 1.807) is 19.1 Å². The van der Waals surface area contributed by atoms with Crippen LogP contribution in [0.25, 0.3) is 0 Å². The normalized spacial score (nSPS) is 14.3. The van der Waals surface area contributed by atoms with E-state index in [0.717, 1.165) is 23.5 Å². The molecule has 1 aromatic rings. The first kappa shape index (κ1) is 13.9. The van der Waals surface area contributed by atoms with Crippen molar-refractivity contribution in [3.05, 3.63) is 23.8 Å². The number of amides is 1. The average molecular weight is 262 g/mol. The van der Waals surface area contributed by atoms with Crippen molar-refractivity contribution in [2.75, 3.05) is 25.6 Å². The van der Waals surface area contributed by atoms with Crippen LogP contribution in [0.2, 0.25) is 0 Å². The van der Waals surface area contributed by atoms with Gasteiger partial charge in [-0.2, -0.15) is 0 Å². The lowest BCUT2D eigenvalue weighted by Gasteiger charge is -2.20. The Morgan fingerprint density at radius 3 is 2.84 bits per heavy atom. The lowest BCUT2D eigenvalue weighted by atomic mass is 10.2. The summed E-state index contributed by atoms with van der Waals surface area (Å²) in [6.45, 7) is 2.76. The minimum absolute atomic E-state index is 0.108. The number of aryl methyl sites for hydroxylation is 1. The summed E-state index contributed by atoms with van der Waals surface area (Å²) in [6.07, 6.45) is 3.01. The molecule has 0 saturated heterocycles. The van der Waals surface area contributed by atoms with E-state index in [-0.39, 0.29) is 5.91 Å². The van der Waals surface area contributed by atoms with Crippen LogP contribution < -0.4 is 15.0 Å².